The Morgan fingerprint density at radius 3 is 2.76 bits per heavy atom. The maximum absolute atomic E-state index is 14.8. The van der Waals surface area contributed by atoms with Crippen molar-refractivity contribution in [3.63, 3.8) is 0 Å². The maximum atomic E-state index is 14.8. The van der Waals surface area contributed by atoms with Crippen molar-refractivity contribution < 1.29 is 13.9 Å². The fourth-order valence-corrected chi connectivity index (χ4v) is 3.21. The van der Waals surface area contributed by atoms with E-state index in [1.165, 1.54) is 5.56 Å². The summed E-state index contributed by atoms with van der Waals surface area (Å²) in [6.07, 6.45) is 3.07. The number of methoxy groups -OCH3 is 1. The van der Waals surface area contributed by atoms with Gasteiger partial charge in [-0.05, 0) is 47.7 Å². The molecule has 0 bridgehead atoms. The van der Waals surface area contributed by atoms with Crippen molar-refractivity contribution >= 4 is 0 Å². The van der Waals surface area contributed by atoms with E-state index in [9.17, 15) is 4.39 Å². The molecule has 1 aromatic heterocycles. The van der Waals surface area contributed by atoms with Crippen LogP contribution >= 0.6 is 0 Å². The molecule has 0 radical (unpaired) electrons. The Hall–Kier alpha value is -2.88. The molecule has 2 heterocycles. The monoisotopic (exact) mass is 335 g/mol. The summed E-state index contributed by atoms with van der Waals surface area (Å²) >= 11 is 0. The molecule has 0 fully saturated rings. The van der Waals surface area contributed by atoms with Gasteiger partial charge < -0.3 is 9.47 Å². The zero-order chi connectivity index (χ0) is 17.2. The third-order valence-corrected chi connectivity index (χ3v) is 4.54. The molecule has 0 aliphatic carbocycles. The lowest BCUT2D eigenvalue weighted by Gasteiger charge is -2.26. The van der Waals surface area contributed by atoms with E-state index in [1.807, 2.05) is 36.4 Å². The second-order valence-electron chi connectivity index (χ2n) is 6.08. The molecule has 1 aliphatic heterocycles. The van der Waals surface area contributed by atoms with Crippen molar-refractivity contribution in [3.05, 3.63) is 77.7 Å². The first-order chi connectivity index (χ1) is 12.2. The molecule has 126 valence electrons. The minimum atomic E-state index is -0.254. The molecule has 0 saturated carbocycles. The van der Waals surface area contributed by atoms with E-state index < -0.39 is 0 Å². The van der Waals surface area contributed by atoms with Crippen molar-refractivity contribution in [1.82, 2.24) is 4.98 Å². The molecule has 3 aromatic rings. The SMILES string of the molecule is COc1cc(-c2ccc(C3CCc4ccccc4O3)c(F)c2)ccn1. The number of ether oxygens (including phenoxy) is 2. The van der Waals surface area contributed by atoms with Crippen LogP contribution in [0.5, 0.6) is 11.6 Å². The molecular formula is C21H18FNO2. The van der Waals surface area contributed by atoms with Gasteiger partial charge in [0.1, 0.15) is 17.7 Å². The topological polar surface area (TPSA) is 31.4 Å². The molecule has 0 saturated heterocycles. The molecule has 25 heavy (non-hydrogen) atoms. The van der Waals surface area contributed by atoms with Crippen LogP contribution < -0.4 is 9.47 Å². The third-order valence-electron chi connectivity index (χ3n) is 4.54. The summed E-state index contributed by atoms with van der Waals surface area (Å²) in [5, 5.41) is 0. The van der Waals surface area contributed by atoms with Crippen LogP contribution in [0.4, 0.5) is 4.39 Å². The quantitative estimate of drug-likeness (QED) is 0.678. The molecule has 1 unspecified atom stereocenters. The summed E-state index contributed by atoms with van der Waals surface area (Å²) in [5.41, 5.74) is 3.43. The number of hydrogen-bond donors (Lipinski definition) is 0. The van der Waals surface area contributed by atoms with E-state index in [0.29, 0.717) is 11.4 Å². The highest BCUT2D eigenvalue weighted by molar-refractivity contribution is 5.64. The first-order valence-electron chi connectivity index (χ1n) is 8.29. The van der Waals surface area contributed by atoms with Gasteiger partial charge in [0.2, 0.25) is 5.88 Å². The lowest BCUT2D eigenvalue weighted by Crippen LogP contribution is -2.16. The Morgan fingerprint density at radius 1 is 1.08 bits per heavy atom. The minimum absolute atomic E-state index is 0.252. The van der Waals surface area contributed by atoms with Gasteiger partial charge in [-0.2, -0.15) is 0 Å². The molecule has 3 nitrogen and oxygen atoms in total. The highest BCUT2D eigenvalue weighted by Gasteiger charge is 2.23. The molecule has 2 aromatic carbocycles. The Labute approximate surface area is 146 Å². The van der Waals surface area contributed by atoms with E-state index in [-0.39, 0.29) is 11.9 Å². The summed E-state index contributed by atoms with van der Waals surface area (Å²) in [6.45, 7) is 0. The van der Waals surface area contributed by atoms with Crippen LogP contribution in [0.2, 0.25) is 0 Å². The smallest absolute Gasteiger partial charge is 0.213 e. The molecule has 0 spiro atoms. The van der Waals surface area contributed by atoms with Crippen LogP contribution in [0.25, 0.3) is 11.1 Å². The number of aromatic nitrogens is 1. The van der Waals surface area contributed by atoms with Gasteiger partial charge >= 0.3 is 0 Å². The normalized spacial score (nSPS) is 16.0. The average molecular weight is 335 g/mol. The van der Waals surface area contributed by atoms with Gasteiger partial charge in [-0.15, -0.1) is 0 Å². The number of hydrogen-bond acceptors (Lipinski definition) is 3. The minimum Gasteiger partial charge on any atom is -0.485 e. The first kappa shape index (κ1) is 15.6. The summed E-state index contributed by atoms with van der Waals surface area (Å²) < 4.78 is 25.9. The molecule has 1 aliphatic rings. The third kappa shape index (κ3) is 3.07. The Morgan fingerprint density at radius 2 is 1.92 bits per heavy atom. The number of halogens is 1. The number of aryl methyl sites for hydroxylation is 1. The molecular weight excluding hydrogens is 317 g/mol. The average Bonchev–Trinajstić information content (AvgIpc) is 2.67. The molecule has 0 amide bonds. The Kier molecular flexibility index (Phi) is 4.10. The fourth-order valence-electron chi connectivity index (χ4n) is 3.21. The van der Waals surface area contributed by atoms with E-state index in [0.717, 1.165) is 29.7 Å². The largest absolute Gasteiger partial charge is 0.485 e. The van der Waals surface area contributed by atoms with Gasteiger partial charge in [-0.3, -0.25) is 0 Å². The summed E-state index contributed by atoms with van der Waals surface area (Å²) in [7, 11) is 1.56. The van der Waals surface area contributed by atoms with Gasteiger partial charge in [0.25, 0.3) is 0 Å². The number of nitrogens with zero attached hydrogens (tertiary/aromatic N) is 1. The Balaban J connectivity index is 1.62. The van der Waals surface area contributed by atoms with Gasteiger partial charge in [0.15, 0.2) is 0 Å². The summed E-state index contributed by atoms with van der Waals surface area (Å²) in [4.78, 5) is 4.08. The van der Waals surface area contributed by atoms with Crippen LogP contribution in [0.3, 0.4) is 0 Å². The van der Waals surface area contributed by atoms with Crippen LogP contribution in [0.15, 0.2) is 60.8 Å². The second-order valence-corrected chi connectivity index (χ2v) is 6.08. The first-order valence-corrected chi connectivity index (χ1v) is 8.29. The van der Waals surface area contributed by atoms with Crippen LogP contribution in [-0.4, -0.2) is 12.1 Å². The predicted molar refractivity (Wildman–Crippen MR) is 94.3 cm³/mol. The standard InChI is InChI=1S/C21H18FNO2/c1-24-21-13-16(10-11-23-21)15-6-8-17(18(22)12-15)20-9-7-14-4-2-3-5-19(14)25-20/h2-6,8,10-13,20H,7,9H2,1H3. The second kappa shape index (κ2) is 6.55. The van der Waals surface area contributed by atoms with Crippen molar-refractivity contribution in [3.8, 4) is 22.8 Å². The van der Waals surface area contributed by atoms with Crippen LogP contribution in [0.1, 0.15) is 23.7 Å². The molecule has 4 heteroatoms. The van der Waals surface area contributed by atoms with Crippen molar-refractivity contribution in [1.29, 1.82) is 0 Å². The van der Waals surface area contributed by atoms with Gasteiger partial charge in [0, 0.05) is 17.8 Å². The Bertz CT molecular complexity index is 910. The highest BCUT2D eigenvalue weighted by Crippen LogP contribution is 2.36. The summed E-state index contributed by atoms with van der Waals surface area (Å²) in [5.74, 6) is 1.10. The number of benzene rings is 2. The van der Waals surface area contributed by atoms with Gasteiger partial charge in [-0.25, -0.2) is 9.37 Å². The lowest BCUT2D eigenvalue weighted by atomic mass is 9.95. The molecule has 4 rings (SSSR count). The maximum Gasteiger partial charge on any atom is 0.213 e. The highest BCUT2D eigenvalue weighted by atomic mass is 19.1. The van der Waals surface area contributed by atoms with Crippen molar-refractivity contribution in [2.24, 2.45) is 0 Å². The van der Waals surface area contributed by atoms with Gasteiger partial charge in [0.05, 0.1) is 7.11 Å². The zero-order valence-corrected chi connectivity index (χ0v) is 13.9. The van der Waals surface area contributed by atoms with E-state index in [1.54, 1.807) is 25.4 Å². The number of para-hydroxylation sites is 1. The molecule has 1 atom stereocenters. The van der Waals surface area contributed by atoms with E-state index in [2.05, 4.69) is 11.1 Å². The predicted octanol–water partition coefficient (Wildman–Crippen LogP) is 4.96. The number of fused-ring (bicyclic) bond motifs is 1. The van der Waals surface area contributed by atoms with Crippen LogP contribution in [0, 0.1) is 5.82 Å². The van der Waals surface area contributed by atoms with Crippen molar-refractivity contribution in [2.45, 2.75) is 18.9 Å². The van der Waals surface area contributed by atoms with Crippen LogP contribution in [-0.2, 0) is 6.42 Å². The van der Waals surface area contributed by atoms with E-state index >= 15 is 0 Å². The van der Waals surface area contributed by atoms with E-state index in [4.69, 9.17) is 9.47 Å². The van der Waals surface area contributed by atoms with Crippen molar-refractivity contribution in [2.75, 3.05) is 7.11 Å². The lowest BCUT2D eigenvalue weighted by molar-refractivity contribution is 0.172. The zero-order valence-electron chi connectivity index (χ0n) is 13.9. The fraction of sp³-hybridized carbons (Fsp3) is 0.190. The van der Waals surface area contributed by atoms with Gasteiger partial charge in [-0.1, -0.05) is 30.3 Å². The number of rotatable bonds is 3. The number of pyridine rings is 1. The molecule has 0 N–H and O–H groups in total. The summed E-state index contributed by atoms with van der Waals surface area (Å²) in [6, 6.07) is 16.9.